The molecule has 0 aliphatic carbocycles. The van der Waals surface area contributed by atoms with Gasteiger partial charge in [0.1, 0.15) is 5.75 Å². The van der Waals surface area contributed by atoms with Crippen LogP contribution in [0.25, 0.3) is 0 Å². The van der Waals surface area contributed by atoms with E-state index in [1.54, 1.807) is 12.4 Å². The number of hydrogen-bond donors (Lipinski definition) is 1. The highest BCUT2D eigenvalue weighted by Gasteiger charge is 1.99. The minimum atomic E-state index is -0.0605. The molecule has 0 aromatic carbocycles. The molecule has 0 aliphatic rings. The molecule has 1 rings (SSSR count). The Morgan fingerprint density at radius 3 is 2.82 bits per heavy atom. The summed E-state index contributed by atoms with van der Waals surface area (Å²) in [7, 11) is 0. The zero-order valence-electron chi connectivity index (χ0n) is 10.7. The number of hydrogen-bond acceptors (Lipinski definition) is 3. The van der Waals surface area contributed by atoms with Crippen LogP contribution in [0.2, 0.25) is 0 Å². The Morgan fingerprint density at radius 1 is 1.41 bits per heavy atom. The summed E-state index contributed by atoms with van der Waals surface area (Å²) in [5, 5.41) is 0. The minimum absolute atomic E-state index is 0.0605. The van der Waals surface area contributed by atoms with Gasteiger partial charge in [-0.1, -0.05) is 25.2 Å². The number of rotatable bonds is 4. The Bertz CT molecular complexity index is 404. The van der Waals surface area contributed by atoms with Crippen molar-refractivity contribution in [1.82, 2.24) is 4.98 Å². The largest absolute Gasteiger partial charge is 0.489 e. The summed E-state index contributed by atoms with van der Waals surface area (Å²) in [5.41, 5.74) is 6.67. The lowest BCUT2D eigenvalue weighted by molar-refractivity contribution is 0.241. The molecule has 3 heteroatoms. The van der Waals surface area contributed by atoms with E-state index in [9.17, 15) is 0 Å². The monoisotopic (exact) mass is 232 g/mol. The van der Waals surface area contributed by atoms with E-state index in [0.717, 1.165) is 24.2 Å². The van der Waals surface area contributed by atoms with E-state index in [2.05, 4.69) is 23.7 Å². The van der Waals surface area contributed by atoms with Crippen LogP contribution in [-0.4, -0.2) is 17.1 Å². The average molecular weight is 232 g/mol. The first-order valence-corrected chi connectivity index (χ1v) is 6.00. The van der Waals surface area contributed by atoms with Gasteiger partial charge in [0.2, 0.25) is 0 Å². The van der Waals surface area contributed by atoms with E-state index in [0.29, 0.717) is 0 Å². The molecule has 1 aromatic rings. The molecule has 92 valence electrons. The first-order valence-electron chi connectivity index (χ1n) is 6.00. The van der Waals surface area contributed by atoms with Crippen molar-refractivity contribution >= 4 is 0 Å². The van der Waals surface area contributed by atoms with Crippen molar-refractivity contribution in [1.29, 1.82) is 0 Å². The molecular weight excluding hydrogens is 212 g/mol. The molecule has 1 heterocycles. The second-order valence-electron chi connectivity index (χ2n) is 4.24. The van der Waals surface area contributed by atoms with Gasteiger partial charge in [0, 0.05) is 11.8 Å². The van der Waals surface area contributed by atoms with Gasteiger partial charge in [0.25, 0.3) is 0 Å². The number of pyridine rings is 1. The summed E-state index contributed by atoms with van der Waals surface area (Å²) in [6, 6.07) is 1.83. The zero-order chi connectivity index (χ0) is 12.7. The third-order valence-corrected chi connectivity index (χ3v) is 2.09. The molecule has 0 aliphatic heterocycles. The highest BCUT2D eigenvalue weighted by Crippen LogP contribution is 2.12. The molecule has 2 N–H and O–H groups in total. The van der Waals surface area contributed by atoms with Gasteiger partial charge in [0.15, 0.2) is 0 Å². The minimum Gasteiger partial charge on any atom is -0.489 e. The lowest BCUT2D eigenvalue weighted by Gasteiger charge is -2.08. The van der Waals surface area contributed by atoms with Crippen LogP contribution in [0.15, 0.2) is 18.5 Å². The molecule has 1 aromatic heterocycles. The summed E-state index contributed by atoms with van der Waals surface area (Å²) >= 11 is 0. The third kappa shape index (κ3) is 5.37. The maximum atomic E-state index is 5.83. The van der Waals surface area contributed by atoms with Crippen LogP contribution in [0.3, 0.4) is 0 Å². The normalized spacial score (nSPS) is 11.8. The Morgan fingerprint density at radius 2 is 2.18 bits per heavy atom. The molecule has 0 bridgehead atoms. The number of nitrogens with two attached hydrogens (primary N) is 1. The summed E-state index contributed by atoms with van der Waals surface area (Å²) in [6.45, 7) is 6.06. The molecule has 1 unspecified atom stereocenters. The van der Waals surface area contributed by atoms with Gasteiger partial charge in [-0.25, -0.2) is 0 Å². The number of ether oxygens (including phenoxy) is 1. The predicted molar refractivity (Wildman–Crippen MR) is 69.8 cm³/mol. The maximum absolute atomic E-state index is 5.83. The van der Waals surface area contributed by atoms with Crippen molar-refractivity contribution in [3.8, 4) is 17.6 Å². The Labute approximate surface area is 103 Å². The van der Waals surface area contributed by atoms with Crippen molar-refractivity contribution in [2.24, 2.45) is 5.73 Å². The molecule has 0 fully saturated rings. The fourth-order valence-electron chi connectivity index (χ4n) is 1.38. The Hall–Kier alpha value is -1.53. The fraction of sp³-hybridized carbons (Fsp3) is 0.500. The van der Waals surface area contributed by atoms with Crippen molar-refractivity contribution in [2.75, 3.05) is 0 Å². The van der Waals surface area contributed by atoms with E-state index in [1.807, 2.05) is 19.9 Å². The molecule has 0 radical (unpaired) electrons. The maximum Gasteiger partial charge on any atom is 0.139 e. The van der Waals surface area contributed by atoms with E-state index in [-0.39, 0.29) is 12.1 Å². The van der Waals surface area contributed by atoms with Crippen LogP contribution in [0, 0.1) is 11.8 Å². The van der Waals surface area contributed by atoms with Crippen LogP contribution in [0.4, 0.5) is 0 Å². The smallest absolute Gasteiger partial charge is 0.139 e. The fourth-order valence-corrected chi connectivity index (χ4v) is 1.38. The van der Waals surface area contributed by atoms with E-state index in [1.165, 1.54) is 0 Å². The predicted octanol–water partition coefficient (Wildman–Crippen LogP) is 2.35. The Balaban J connectivity index is 2.71. The van der Waals surface area contributed by atoms with Crippen LogP contribution < -0.4 is 10.5 Å². The number of nitrogens with zero attached hydrogens (tertiary/aromatic N) is 1. The van der Waals surface area contributed by atoms with E-state index in [4.69, 9.17) is 10.5 Å². The van der Waals surface area contributed by atoms with Gasteiger partial charge in [-0.2, -0.15) is 0 Å². The first-order chi connectivity index (χ1) is 8.11. The Kier molecular flexibility index (Phi) is 5.51. The van der Waals surface area contributed by atoms with Gasteiger partial charge in [-0.3, -0.25) is 4.98 Å². The van der Waals surface area contributed by atoms with E-state index < -0.39 is 0 Å². The molecule has 0 saturated carbocycles. The zero-order valence-corrected chi connectivity index (χ0v) is 10.7. The molecule has 0 amide bonds. The lowest BCUT2D eigenvalue weighted by atomic mass is 10.2. The number of aromatic nitrogens is 1. The lowest BCUT2D eigenvalue weighted by Crippen LogP contribution is -2.16. The second kappa shape index (κ2) is 6.93. The van der Waals surface area contributed by atoms with Gasteiger partial charge >= 0.3 is 0 Å². The third-order valence-electron chi connectivity index (χ3n) is 2.09. The van der Waals surface area contributed by atoms with Gasteiger partial charge in [-0.05, 0) is 26.3 Å². The van der Waals surface area contributed by atoms with Crippen LogP contribution >= 0.6 is 0 Å². The SMILES string of the molecule is CCCC(N)C#Cc1cncc(OC(C)C)c1. The van der Waals surface area contributed by atoms with Crippen molar-refractivity contribution in [3.63, 3.8) is 0 Å². The first kappa shape index (κ1) is 13.5. The molecule has 0 spiro atoms. The summed E-state index contributed by atoms with van der Waals surface area (Å²) in [6.07, 6.45) is 5.52. The topological polar surface area (TPSA) is 48.1 Å². The van der Waals surface area contributed by atoms with Crippen molar-refractivity contribution in [3.05, 3.63) is 24.0 Å². The average Bonchev–Trinajstić information content (AvgIpc) is 2.26. The van der Waals surface area contributed by atoms with Crippen molar-refractivity contribution < 1.29 is 4.74 Å². The highest BCUT2D eigenvalue weighted by molar-refractivity contribution is 5.37. The van der Waals surface area contributed by atoms with Crippen LogP contribution in [-0.2, 0) is 0 Å². The summed E-state index contributed by atoms with van der Waals surface area (Å²) in [4.78, 5) is 4.09. The highest BCUT2D eigenvalue weighted by atomic mass is 16.5. The molecular formula is C14H20N2O. The standard InChI is InChI=1S/C14H20N2O/c1-4-5-13(15)7-6-12-8-14(10-16-9-12)17-11(2)3/h8-11,13H,4-5,15H2,1-3H3. The molecule has 17 heavy (non-hydrogen) atoms. The molecule has 3 nitrogen and oxygen atoms in total. The second-order valence-corrected chi connectivity index (χ2v) is 4.24. The van der Waals surface area contributed by atoms with Gasteiger partial charge in [0.05, 0.1) is 18.3 Å². The van der Waals surface area contributed by atoms with Crippen LogP contribution in [0.5, 0.6) is 5.75 Å². The summed E-state index contributed by atoms with van der Waals surface area (Å²) < 4.78 is 5.55. The van der Waals surface area contributed by atoms with E-state index >= 15 is 0 Å². The van der Waals surface area contributed by atoms with Gasteiger partial charge < -0.3 is 10.5 Å². The quantitative estimate of drug-likeness (QED) is 0.811. The van der Waals surface area contributed by atoms with Crippen LogP contribution in [0.1, 0.15) is 39.2 Å². The molecule has 0 saturated heterocycles. The van der Waals surface area contributed by atoms with Crippen molar-refractivity contribution in [2.45, 2.75) is 45.8 Å². The summed E-state index contributed by atoms with van der Waals surface area (Å²) in [5.74, 6) is 6.78. The van der Waals surface area contributed by atoms with Gasteiger partial charge in [-0.15, -0.1) is 0 Å². The molecule has 1 atom stereocenters.